The lowest BCUT2D eigenvalue weighted by atomic mass is 10.1. The van der Waals surface area contributed by atoms with Gasteiger partial charge in [-0.3, -0.25) is 9.88 Å². The highest BCUT2D eigenvalue weighted by Crippen LogP contribution is 2.25. The lowest BCUT2D eigenvalue weighted by Gasteiger charge is -2.34. The number of nitrogens with one attached hydrogen (secondary N) is 1. The second kappa shape index (κ2) is 8.67. The molecule has 1 aromatic rings. The number of halogens is 2. The molecule has 1 saturated heterocycles. The van der Waals surface area contributed by atoms with Gasteiger partial charge >= 0.3 is 0 Å². The molecule has 0 bridgehead atoms. The fourth-order valence-corrected chi connectivity index (χ4v) is 2.54. The number of hydrogen-bond donors (Lipinski definition) is 1. The topological polar surface area (TPSA) is 37.4 Å². The lowest BCUT2D eigenvalue weighted by molar-refractivity contribution is 0.163. The second-order valence-electron chi connectivity index (χ2n) is 5.07. The fourth-order valence-electron chi connectivity index (χ4n) is 2.54. The van der Waals surface area contributed by atoms with Gasteiger partial charge in [-0.15, -0.1) is 24.8 Å². The second-order valence-corrected chi connectivity index (χ2v) is 5.07. The maximum absolute atomic E-state index is 5.46. The van der Waals surface area contributed by atoms with Crippen LogP contribution in [0.5, 0.6) is 5.75 Å². The van der Waals surface area contributed by atoms with Gasteiger partial charge in [0.05, 0.1) is 12.8 Å². The summed E-state index contributed by atoms with van der Waals surface area (Å²) in [6.07, 6.45) is 1.91. The van der Waals surface area contributed by atoms with Gasteiger partial charge in [-0.1, -0.05) is 0 Å². The zero-order valence-corrected chi connectivity index (χ0v) is 14.2. The van der Waals surface area contributed by atoms with E-state index in [1.807, 2.05) is 13.1 Å². The van der Waals surface area contributed by atoms with E-state index in [-0.39, 0.29) is 24.8 Å². The molecule has 0 spiro atoms. The van der Waals surface area contributed by atoms with Gasteiger partial charge < -0.3 is 10.1 Å². The van der Waals surface area contributed by atoms with Crippen molar-refractivity contribution in [1.29, 1.82) is 0 Å². The van der Waals surface area contributed by atoms with Gasteiger partial charge in [0.15, 0.2) is 0 Å². The van der Waals surface area contributed by atoms with E-state index in [2.05, 4.69) is 29.0 Å². The van der Waals surface area contributed by atoms with Crippen LogP contribution in [0.15, 0.2) is 6.20 Å². The molecule has 0 radical (unpaired) electrons. The number of methoxy groups -OCH3 is 1. The van der Waals surface area contributed by atoms with Crippen molar-refractivity contribution < 1.29 is 4.74 Å². The van der Waals surface area contributed by atoms with Crippen LogP contribution in [-0.4, -0.2) is 42.7 Å². The van der Waals surface area contributed by atoms with E-state index in [0.717, 1.165) is 43.2 Å². The Labute approximate surface area is 134 Å². The summed E-state index contributed by atoms with van der Waals surface area (Å²) in [7, 11) is 1.73. The Morgan fingerprint density at radius 2 is 2.10 bits per heavy atom. The lowest BCUT2D eigenvalue weighted by Crippen LogP contribution is -2.49. The summed E-state index contributed by atoms with van der Waals surface area (Å²) in [5.74, 6) is 0.975. The summed E-state index contributed by atoms with van der Waals surface area (Å²) in [5.41, 5.74) is 3.40. The normalized spacial score (nSPS) is 18.9. The molecule has 1 fully saturated rings. The third-order valence-corrected chi connectivity index (χ3v) is 3.74. The van der Waals surface area contributed by atoms with Crippen molar-refractivity contribution in [2.24, 2.45) is 0 Å². The average molecular weight is 322 g/mol. The van der Waals surface area contributed by atoms with Crippen LogP contribution in [0.3, 0.4) is 0 Å². The number of pyridine rings is 1. The van der Waals surface area contributed by atoms with Crippen molar-refractivity contribution in [2.75, 3.05) is 26.7 Å². The highest BCUT2D eigenvalue weighted by molar-refractivity contribution is 5.85. The fraction of sp³-hybridized carbons (Fsp3) is 0.643. The Bertz CT molecular complexity index is 429. The Morgan fingerprint density at radius 3 is 2.70 bits per heavy atom. The number of aryl methyl sites for hydroxylation is 1. The molecule has 2 heterocycles. The van der Waals surface area contributed by atoms with E-state index in [1.165, 1.54) is 5.56 Å². The highest BCUT2D eigenvalue weighted by atomic mass is 35.5. The van der Waals surface area contributed by atoms with E-state index < -0.39 is 0 Å². The summed E-state index contributed by atoms with van der Waals surface area (Å²) in [6, 6.07) is 0.562. The molecule has 2 rings (SSSR count). The van der Waals surface area contributed by atoms with Gasteiger partial charge in [-0.05, 0) is 20.8 Å². The zero-order chi connectivity index (χ0) is 13.1. The molecule has 116 valence electrons. The number of ether oxygens (including phenoxy) is 1. The van der Waals surface area contributed by atoms with Gasteiger partial charge in [0.2, 0.25) is 0 Å². The first-order chi connectivity index (χ1) is 8.63. The minimum Gasteiger partial charge on any atom is -0.496 e. The molecule has 1 N–H and O–H groups in total. The number of piperazine rings is 1. The molecule has 0 aromatic carbocycles. The van der Waals surface area contributed by atoms with Gasteiger partial charge in [-0.2, -0.15) is 0 Å². The number of nitrogens with zero attached hydrogens (tertiary/aromatic N) is 2. The SMILES string of the molecule is COc1c(C)cnc(CN2CCNC[C@H]2C)c1C.Cl.Cl. The van der Waals surface area contributed by atoms with Crippen LogP contribution >= 0.6 is 24.8 Å². The molecule has 6 heteroatoms. The molecular formula is C14H25Cl2N3O. The van der Waals surface area contributed by atoms with Gasteiger partial charge in [0.25, 0.3) is 0 Å². The maximum atomic E-state index is 5.46. The molecule has 1 aliphatic rings. The molecule has 1 atom stereocenters. The maximum Gasteiger partial charge on any atom is 0.128 e. The van der Waals surface area contributed by atoms with E-state index in [4.69, 9.17) is 4.74 Å². The molecule has 0 aliphatic carbocycles. The number of hydrogen-bond acceptors (Lipinski definition) is 4. The summed E-state index contributed by atoms with van der Waals surface area (Å²) in [6.45, 7) is 10.5. The molecule has 1 aromatic heterocycles. The molecule has 4 nitrogen and oxygen atoms in total. The molecule has 0 amide bonds. The van der Waals surface area contributed by atoms with Crippen molar-refractivity contribution in [1.82, 2.24) is 15.2 Å². The quantitative estimate of drug-likeness (QED) is 0.927. The van der Waals surface area contributed by atoms with Crippen LogP contribution in [0.4, 0.5) is 0 Å². The van der Waals surface area contributed by atoms with Crippen LogP contribution in [0, 0.1) is 13.8 Å². The van der Waals surface area contributed by atoms with Crippen LogP contribution in [0.25, 0.3) is 0 Å². The van der Waals surface area contributed by atoms with Crippen molar-refractivity contribution in [3.8, 4) is 5.75 Å². The van der Waals surface area contributed by atoms with Crippen LogP contribution in [0.1, 0.15) is 23.7 Å². The molecule has 20 heavy (non-hydrogen) atoms. The Balaban J connectivity index is 0.00000180. The van der Waals surface area contributed by atoms with E-state index >= 15 is 0 Å². The highest BCUT2D eigenvalue weighted by Gasteiger charge is 2.20. The Kier molecular flexibility index (Phi) is 8.44. The van der Waals surface area contributed by atoms with E-state index in [0.29, 0.717) is 6.04 Å². The number of aromatic nitrogens is 1. The van der Waals surface area contributed by atoms with Gasteiger partial charge in [0.1, 0.15) is 5.75 Å². The smallest absolute Gasteiger partial charge is 0.128 e. The molecule has 0 saturated carbocycles. The third-order valence-electron chi connectivity index (χ3n) is 3.74. The Hall–Kier alpha value is -0.550. The molecule has 1 aliphatic heterocycles. The van der Waals surface area contributed by atoms with Crippen molar-refractivity contribution >= 4 is 24.8 Å². The molecule has 0 unspecified atom stereocenters. The predicted octanol–water partition coefficient (Wildman–Crippen LogP) is 2.34. The van der Waals surface area contributed by atoms with E-state index in [1.54, 1.807) is 7.11 Å². The standard InChI is InChI=1S/C14H23N3O.2ClH/c1-10-7-16-13(12(3)14(10)18-4)9-17-6-5-15-8-11(17)2;;/h7,11,15H,5-6,8-9H2,1-4H3;2*1H/t11-;;/m1../s1. The minimum absolute atomic E-state index is 0. The monoisotopic (exact) mass is 321 g/mol. The van der Waals surface area contributed by atoms with Crippen LogP contribution in [0.2, 0.25) is 0 Å². The zero-order valence-electron chi connectivity index (χ0n) is 12.6. The largest absolute Gasteiger partial charge is 0.496 e. The predicted molar refractivity (Wildman–Crippen MR) is 87.5 cm³/mol. The molecular weight excluding hydrogens is 297 g/mol. The Morgan fingerprint density at radius 1 is 1.40 bits per heavy atom. The van der Waals surface area contributed by atoms with E-state index in [9.17, 15) is 0 Å². The van der Waals surface area contributed by atoms with Crippen molar-refractivity contribution in [2.45, 2.75) is 33.4 Å². The first-order valence-electron chi connectivity index (χ1n) is 6.57. The third kappa shape index (κ3) is 4.22. The summed E-state index contributed by atoms with van der Waals surface area (Å²) >= 11 is 0. The first-order valence-corrected chi connectivity index (χ1v) is 6.57. The summed E-state index contributed by atoms with van der Waals surface area (Å²) in [5, 5.41) is 3.41. The first kappa shape index (κ1) is 19.4. The van der Waals surface area contributed by atoms with Crippen LogP contribution < -0.4 is 10.1 Å². The van der Waals surface area contributed by atoms with Crippen molar-refractivity contribution in [3.05, 3.63) is 23.0 Å². The van der Waals surface area contributed by atoms with Crippen LogP contribution in [-0.2, 0) is 6.54 Å². The average Bonchev–Trinajstić information content (AvgIpc) is 2.36. The summed E-state index contributed by atoms with van der Waals surface area (Å²) in [4.78, 5) is 7.05. The van der Waals surface area contributed by atoms with Gasteiger partial charge in [-0.25, -0.2) is 0 Å². The van der Waals surface area contributed by atoms with Gasteiger partial charge in [0, 0.05) is 49.5 Å². The minimum atomic E-state index is 0. The number of rotatable bonds is 3. The summed E-state index contributed by atoms with van der Waals surface area (Å²) < 4.78 is 5.46. The van der Waals surface area contributed by atoms with Crippen molar-refractivity contribution in [3.63, 3.8) is 0 Å².